The molecule has 0 aliphatic heterocycles. The number of hydrogen-bond acceptors (Lipinski definition) is 6. The van der Waals surface area contributed by atoms with Crippen molar-refractivity contribution in [3.05, 3.63) is 59.4 Å². The summed E-state index contributed by atoms with van der Waals surface area (Å²) >= 11 is 6.20. The van der Waals surface area contributed by atoms with E-state index in [1.54, 1.807) is 17.0 Å². The molecule has 0 atom stereocenters. The van der Waals surface area contributed by atoms with Gasteiger partial charge in [-0.2, -0.15) is 0 Å². The number of halogens is 1. The van der Waals surface area contributed by atoms with Gasteiger partial charge in [-0.15, -0.1) is 10.2 Å². The first kappa shape index (κ1) is 20.2. The predicted octanol–water partition coefficient (Wildman–Crippen LogP) is 4.36. The van der Waals surface area contributed by atoms with Crippen LogP contribution in [-0.2, 0) is 11.3 Å². The van der Waals surface area contributed by atoms with Gasteiger partial charge in [-0.3, -0.25) is 4.79 Å². The number of ether oxygens (including phenoxy) is 2. The summed E-state index contributed by atoms with van der Waals surface area (Å²) in [5, 5.41) is 8.70. The molecule has 0 spiro atoms. The molecule has 0 unspecified atom stereocenters. The fraction of sp³-hybridized carbons (Fsp3) is 0.318. The van der Waals surface area contributed by atoms with E-state index in [1.165, 1.54) is 0 Å². The monoisotopic (exact) mass is 427 g/mol. The molecule has 2 aromatic carbocycles. The van der Waals surface area contributed by atoms with Crippen LogP contribution in [0.15, 0.2) is 52.9 Å². The second-order valence-corrected chi connectivity index (χ2v) is 7.31. The Morgan fingerprint density at radius 2 is 1.80 bits per heavy atom. The molecule has 3 aromatic rings. The quantitative estimate of drug-likeness (QED) is 0.505. The summed E-state index contributed by atoms with van der Waals surface area (Å²) in [7, 11) is 0. The summed E-state index contributed by atoms with van der Waals surface area (Å²) in [6, 6.07) is 14.7. The summed E-state index contributed by atoms with van der Waals surface area (Å²) in [5.41, 5.74) is 0.665. The highest BCUT2D eigenvalue weighted by Crippen LogP contribution is 2.31. The third-order valence-electron chi connectivity index (χ3n) is 4.68. The van der Waals surface area contributed by atoms with Crippen molar-refractivity contribution in [2.75, 3.05) is 13.2 Å². The first-order chi connectivity index (χ1) is 14.7. The first-order valence-corrected chi connectivity index (χ1v) is 10.2. The number of para-hydroxylation sites is 2. The van der Waals surface area contributed by atoms with Crippen molar-refractivity contribution in [1.29, 1.82) is 0 Å². The fourth-order valence-electron chi connectivity index (χ4n) is 3.08. The number of benzene rings is 2. The van der Waals surface area contributed by atoms with Crippen molar-refractivity contribution >= 4 is 17.5 Å². The van der Waals surface area contributed by atoms with Crippen LogP contribution >= 0.6 is 11.6 Å². The molecular formula is C22H22ClN3O4. The molecule has 7 nitrogen and oxygen atoms in total. The highest BCUT2D eigenvalue weighted by Gasteiger charge is 2.34. The zero-order chi connectivity index (χ0) is 20.9. The lowest BCUT2D eigenvalue weighted by molar-refractivity contribution is -0.135. The van der Waals surface area contributed by atoms with E-state index >= 15 is 0 Å². The zero-order valence-electron chi connectivity index (χ0n) is 16.6. The summed E-state index contributed by atoms with van der Waals surface area (Å²) in [6.45, 7) is 2.56. The van der Waals surface area contributed by atoms with Crippen LogP contribution in [0.5, 0.6) is 11.5 Å². The average molecular weight is 428 g/mol. The predicted molar refractivity (Wildman–Crippen MR) is 111 cm³/mol. The van der Waals surface area contributed by atoms with Crippen LogP contribution in [0.2, 0.25) is 5.02 Å². The van der Waals surface area contributed by atoms with Gasteiger partial charge in [0, 0.05) is 6.04 Å². The number of rotatable bonds is 9. The molecule has 4 rings (SSSR count). The van der Waals surface area contributed by atoms with Gasteiger partial charge in [0.2, 0.25) is 11.8 Å². The van der Waals surface area contributed by atoms with Crippen LogP contribution in [0, 0.1) is 0 Å². The SMILES string of the molecule is CCOc1ccccc1OCC(=O)N(Cc1nnc(-c2ccccc2Cl)o1)C1CC1. The van der Waals surface area contributed by atoms with Gasteiger partial charge in [-0.1, -0.05) is 35.9 Å². The first-order valence-electron chi connectivity index (χ1n) is 9.87. The molecule has 1 fully saturated rings. The minimum atomic E-state index is -0.138. The number of nitrogens with zero attached hydrogens (tertiary/aromatic N) is 3. The maximum absolute atomic E-state index is 12.9. The summed E-state index contributed by atoms with van der Waals surface area (Å²) in [4.78, 5) is 14.6. The minimum absolute atomic E-state index is 0.0912. The van der Waals surface area contributed by atoms with E-state index in [4.69, 9.17) is 25.5 Å². The van der Waals surface area contributed by atoms with Gasteiger partial charge in [-0.05, 0) is 44.0 Å². The summed E-state index contributed by atoms with van der Waals surface area (Å²) < 4.78 is 17.0. The van der Waals surface area contributed by atoms with Gasteiger partial charge in [0.05, 0.1) is 23.7 Å². The molecule has 1 aliphatic carbocycles. The van der Waals surface area contributed by atoms with Crippen molar-refractivity contribution in [1.82, 2.24) is 15.1 Å². The molecule has 0 radical (unpaired) electrons. The van der Waals surface area contributed by atoms with E-state index in [-0.39, 0.29) is 25.1 Å². The number of carbonyl (C=O) groups excluding carboxylic acids is 1. The van der Waals surface area contributed by atoms with E-state index in [9.17, 15) is 4.79 Å². The lowest BCUT2D eigenvalue weighted by Gasteiger charge is -2.21. The Morgan fingerprint density at radius 1 is 1.10 bits per heavy atom. The molecule has 1 saturated carbocycles. The molecule has 0 N–H and O–H groups in total. The minimum Gasteiger partial charge on any atom is -0.490 e. The number of amides is 1. The van der Waals surface area contributed by atoms with Crippen molar-refractivity contribution in [2.24, 2.45) is 0 Å². The second-order valence-electron chi connectivity index (χ2n) is 6.90. The van der Waals surface area contributed by atoms with Crippen molar-refractivity contribution < 1.29 is 18.7 Å². The van der Waals surface area contributed by atoms with Crippen LogP contribution < -0.4 is 9.47 Å². The molecule has 1 aliphatic rings. The molecule has 1 heterocycles. The zero-order valence-corrected chi connectivity index (χ0v) is 17.3. The van der Waals surface area contributed by atoms with E-state index in [2.05, 4.69) is 10.2 Å². The van der Waals surface area contributed by atoms with Gasteiger partial charge in [0.25, 0.3) is 5.91 Å². The Kier molecular flexibility index (Phi) is 6.18. The molecule has 30 heavy (non-hydrogen) atoms. The van der Waals surface area contributed by atoms with E-state index in [0.717, 1.165) is 12.8 Å². The lowest BCUT2D eigenvalue weighted by atomic mass is 10.2. The fourth-order valence-corrected chi connectivity index (χ4v) is 3.30. The third-order valence-corrected chi connectivity index (χ3v) is 5.01. The van der Waals surface area contributed by atoms with Crippen molar-refractivity contribution in [3.8, 4) is 23.0 Å². The van der Waals surface area contributed by atoms with Crippen molar-refractivity contribution in [3.63, 3.8) is 0 Å². The average Bonchev–Trinajstić information content (AvgIpc) is 3.49. The second kappa shape index (κ2) is 9.17. The molecule has 0 saturated heterocycles. The van der Waals surface area contributed by atoms with Gasteiger partial charge in [0.15, 0.2) is 18.1 Å². The third kappa shape index (κ3) is 4.74. The standard InChI is InChI=1S/C22H22ClN3O4/c1-2-28-18-9-5-6-10-19(18)29-14-21(27)26(15-11-12-15)13-20-24-25-22(30-20)16-7-3-4-8-17(16)23/h3-10,15H,2,11-14H2,1H3. The lowest BCUT2D eigenvalue weighted by Crippen LogP contribution is -2.36. The van der Waals surface area contributed by atoms with Crippen LogP contribution in [0.25, 0.3) is 11.5 Å². The van der Waals surface area contributed by atoms with E-state index in [0.29, 0.717) is 40.5 Å². The maximum Gasteiger partial charge on any atom is 0.261 e. The maximum atomic E-state index is 12.9. The Bertz CT molecular complexity index is 1020. The highest BCUT2D eigenvalue weighted by molar-refractivity contribution is 6.33. The van der Waals surface area contributed by atoms with Crippen LogP contribution in [-0.4, -0.2) is 40.3 Å². The summed E-state index contributed by atoms with van der Waals surface area (Å²) in [6.07, 6.45) is 1.90. The van der Waals surface area contributed by atoms with Gasteiger partial charge < -0.3 is 18.8 Å². The Morgan fingerprint density at radius 3 is 2.50 bits per heavy atom. The number of carbonyl (C=O) groups is 1. The molecular weight excluding hydrogens is 406 g/mol. The smallest absolute Gasteiger partial charge is 0.261 e. The molecule has 0 bridgehead atoms. The Labute approximate surface area is 179 Å². The Hall–Kier alpha value is -3.06. The van der Waals surface area contributed by atoms with E-state index in [1.807, 2.05) is 43.3 Å². The van der Waals surface area contributed by atoms with Crippen molar-refractivity contribution in [2.45, 2.75) is 32.4 Å². The van der Waals surface area contributed by atoms with Crippen LogP contribution in [0.3, 0.4) is 0 Å². The van der Waals surface area contributed by atoms with Gasteiger partial charge in [0.1, 0.15) is 0 Å². The van der Waals surface area contributed by atoms with Gasteiger partial charge in [-0.25, -0.2) is 0 Å². The number of hydrogen-bond donors (Lipinski definition) is 0. The normalized spacial score (nSPS) is 13.1. The molecule has 1 amide bonds. The molecule has 156 valence electrons. The van der Waals surface area contributed by atoms with Gasteiger partial charge >= 0.3 is 0 Å². The number of aromatic nitrogens is 2. The topological polar surface area (TPSA) is 77.7 Å². The molecule has 1 aromatic heterocycles. The highest BCUT2D eigenvalue weighted by atomic mass is 35.5. The largest absolute Gasteiger partial charge is 0.490 e. The van der Waals surface area contributed by atoms with Crippen LogP contribution in [0.1, 0.15) is 25.7 Å². The van der Waals surface area contributed by atoms with E-state index < -0.39 is 0 Å². The van der Waals surface area contributed by atoms with Crippen LogP contribution in [0.4, 0.5) is 0 Å². The molecule has 8 heteroatoms. The Balaban J connectivity index is 1.42. The summed E-state index contributed by atoms with van der Waals surface area (Å²) in [5.74, 6) is 1.72.